The molecule has 0 aliphatic rings. The zero-order valence-electron chi connectivity index (χ0n) is 10.3. The fraction of sp³-hybridized carbons (Fsp3) is 0.167. The van der Waals surface area contributed by atoms with Crippen LogP contribution in [0.4, 0.5) is 11.5 Å². The first-order valence-corrected chi connectivity index (χ1v) is 5.75. The highest BCUT2D eigenvalue weighted by Gasteiger charge is 2.06. The minimum absolute atomic E-state index is 0.405. The number of anilines is 2. The Morgan fingerprint density at radius 1 is 1.32 bits per heavy atom. The Balaban J connectivity index is 1.90. The molecule has 19 heavy (non-hydrogen) atoms. The summed E-state index contributed by atoms with van der Waals surface area (Å²) < 4.78 is 5.03. The van der Waals surface area contributed by atoms with Gasteiger partial charge in [0.05, 0.1) is 12.1 Å². The van der Waals surface area contributed by atoms with Crippen molar-refractivity contribution in [3.63, 3.8) is 0 Å². The van der Waals surface area contributed by atoms with Crippen molar-refractivity contribution in [1.29, 1.82) is 0 Å². The summed E-state index contributed by atoms with van der Waals surface area (Å²) in [6.07, 6.45) is 1.50. The van der Waals surface area contributed by atoms with Gasteiger partial charge in [0.25, 0.3) is 0 Å². The van der Waals surface area contributed by atoms with Crippen LogP contribution in [-0.4, -0.2) is 20.1 Å². The molecule has 0 unspecified atom stereocenters. The number of aromatic nitrogens is 4. The second kappa shape index (κ2) is 4.52. The van der Waals surface area contributed by atoms with Gasteiger partial charge in [-0.2, -0.15) is 4.98 Å². The van der Waals surface area contributed by atoms with Crippen molar-refractivity contribution in [3.05, 3.63) is 36.2 Å². The van der Waals surface area contributed by atoms with E-state index in [1.165, 1.54) is 6.33 Å². The van der Waals surface area contributed by atoms with Crippen molar-refractivity contribution in [1.82, 2.24) is 20.1 Å². The average molecular weight is 256 g/mol. The molecule has 0 atom stereocenters. The zero-order chi connectivity index (χ0) is 13.2. The molecule has 0 aliphatic carbocycles. The third-order valence-corrected chi connectivity index (χ3v) is 2.64. The van der Waals surface area contributed by atoms with Crippen molar-refractivity contribution in [2.24, 2.45) is 0 Å². The topological polar surface area (TPSA) is 103 Å². The Kier molecular flexibility index (Phi) is 2.71. The second-order valence-corrected chi connectivity index (χ2v) is 4.09. The maximum Gasteiger partial charge on any atom is 0.245 e. The van der Waals surface area contributed by atoms with Crippen molar-refractivity contribution in [3.8, 4) is 0 Å². The van der Waals surface area contributed by atoms with Gasteiger partial charge in [0.2, 0.25) is 5.89 Å². The highest BCUT2D eigenvalue weighted by Crippen LogP contribution is 2.21. The molecule has 0 radical (unpaired) electrons. The molecule has 1 aromatic carbocycles. The number of hydrogen-bond donors (Lipinski definition) is 2. The number of benzene rings is 1. The maximum absolute atomic E-state index is 5.78. The largest absolute Gasteiger partial charge is 0.399 e. The lowest BCUT2D eigenvalue weighted by Gasteiger charge is -2.06. The van der Waals surface area contributed by atoms with Gasteiger partial charge < -0.3 is 15.6 Å². The minimum atomic E-state index is 0.405. The van der Waals surface area contributed by atoms with Crippen molar-refractivity contribution in [2.75, 3.05) is 11.1 Å². The van der Waals surface area contributed by atoms with E-state index in [0.29, 0.717) is 29.8 Å². The SMILES string of the molecule is Cc1noc(CNc2ncnc3ccc(N)cc23)n1. The van der Waals surface area contributed by atoms with Gasteiger partial charge in [-0.1, -0.05) is 5.16 Å². The summed E-state index contributed by atoms with van der Waals surface area (Å²) in [6, 6.07) is 5.49. The summed E-state index contributed by atoms with van der Waals surface area (Å²) in [5.41, 5.74) is 7.27. The van der Waals surface area contributed by atoms with E-state index in [4.69, 9.17) is 10.3 Å². The lowest BCUT2D eigenvalue weighted by molar-refractivity contribution is 0.379. The van der Waals surface area contributed by atoms with Crippen molar-refractivity contribution in [2.45, 2.75) is 13.5 Å². The van der Waals surface area contributed by atoms with Gasteiger partial charge in [0.15, 0.2) is 5.82 Å². The van der Waals surface area contributed by atoms with E-state index in [-0.39, 0.29) is 0 Å². The Morgan fingerprint density at radius 3 is 3.00 bits per heavy atom. The van der Waals surface area contributed by atoms with Gasteiger partial charge >= 0.3 is 0 Å². The predicted octanol–water partition coefficient (Wildman–Crippen LogP) is 1.52. The molecule has 0 fully saturated rings. The standard InChI is InChI=1S/C12H12N6O/c1-7-17-11(19-18-7)5-14-12-9-4-8(13)2-3-10(9)15-6-16-12/h2-4,6H,5,13H2,1H3,(H,14,15,16). The van der Waals surface area contributed by atoms with Crippen LogP contribution in [-0.2, 0) is 6.54 Å². The summed E-state index contributed by atoms with van der Waals surface area (Å²) in [7, 11) is 0. The van der Waals surface area contributed by atoms with Crippen molar-refractivity contribution >= 4 is 22.4 Å². The molecular weight excluding hydrogens is 244 g/mol. The monoisotopic (exact) mass is 256 g/mol. The zero-order valence-corrected chi connectivity index (χ0v) is 10.3. The third kappa shape index (κ3) is 2.30. The van der Waals surface area contributed by atoms with Crippen LogP contribution in [0.2, 0.25) is 0 Å². The summed E-state index contributed by atoms with van der Waals surface area (Å²) in [5, 5.41) is 7.73. The Labute approximate surface area is 108 Å². The van der Waals surface area contributed by atoms with E-state index in [1.54, 1.807) is 13.0 Å². The van der Waals surface area contributed by atoms with E-state index in [0.717, 1.165) is 10.9 Å². The molecular formula is C12H12N6O. The lowest BCUT2D eigenvalue weighted by Crippen LogP contribution is -2.03. The van der Waals surface area contributed by atoms with Crippen LogP contribution in [0.1, 0.15) is 11.7 Å². The summed E-state index contributed by atoms with van der Waals surface area (Å²) in [4.78, 5) is 12.5. The van der Waals surface area contributed by atoms with Gasteiger partial charge in [0, 0.05) is 11.1 Å². The van der Waals surface area contributed by atoms with Gasteiger partial charge in [-0.05, 0) is 25.1 Å². The normalized spacial score (nSPS) is 10.8. The van der Waals surface area contributed by atoms with Gasteiger partial charge in [-0.25, -0.2) is 9.97 Å². The quantitative estimate of drug-likeness (QED) is 0.684. The lowest BCUT2D eigenvalue weighted by atomic mass is 10.2. The van der Waals surface area contributed by atoms with E-state index < -0.39 is 0 Å². The number of nitrogens with one attached hydrogen (secondary N) is 1. The highest BCUT2D eigenvalue weighted by atomic mass is 16.5. The molecule has 7 nitrogen and oxygen atoms in total. The van der Waals surface area contributed by atoms with E-state index in [2.05, 4.69) is 25.4 Å². The second-order valence-electron chi connectivity index (χ2n) is 4.09. The molecule has 0 saturated carbocycles. The highest BCUT2D eigenvalue weighted by molar-refractivity contribution is 5.91. The molecule has 0 amide bonds. The van der Waals surface area contributed by atoms with Crippen molar-refractivity contribution < 1.29 is 4.52 Å². The van der Waals surface area contributed by atoms with Gasteiger partial charge in [-0.15, -0.1) is 0 Å². The molecule has 0 saturated heterocycles. The minimum Gasteiger partial charge on any atom is -0.399 e. The smallest absolute Gasteiger partial charge is 0.245 e. The van der Waals surface area contributed by atoms with E-state index in [1.807, 2.05) is 12.1 Å². The molecule has 7 heteroatoms. The summed E-state index contributed by atoms with van der Waals surface area (Å²) in [5.74, 6) is 1.80. The van der Waals surface area contributed by atoms with Crippen LogP contribution >= 0.6 is 0 Å². The number of nitrogens with zero attached hydrogens (tertiary/aromatic N) is 4. The van der Waals surface area contributed by atoms with Gasteiger partial charge in [0.1, 0.15) is 12.1 Å². The van der Waals surface area contributed by atoms with E-state index in [9.17, 15) is 0 Å². The first-order chi connectivity index (χ1) is 9.22. The molecule has 2 aromatic heterocycles. The number of fused-ring (bicyclic) bond motifs is 1. The number of rotatable bonds is 3. The predicted molar refractivity (Wildman–Crippen MR) is 70.3 cm³/mol. The number of nitrogens with two attached hydrogens (primary N) is 1. The molecule has 0 aliphatic heterocycles. The Bertz CT molecular complexity index is 723. The van der Waals surface area contributed by atoms with Crippen LogP contribution < -0.4 is 11.1 Å². The van der Waals surface area contributed by atoms with Crippen LogP contribution in [0.5, 0.6) is 0 Å². The molecule has 3 aromatic rings. The summed E-state index contributed by atoms with van der Waals surface area (Å²) in [6.45, 7) is 2.18. The molecule has 96 valence electrons. The van der Waals surface area contributed by atoms with Gasteiger partial charge in [-0.3, -0.25) is 0 Å². The number of nitrogen functional groups attached to an aromatic ring is 1. The summed E-state index contributed by atoms with van der Waals surface area (Å²) >= 11 is 0. The first-order valence-electron chi connectivity index (χ1n) is 5.75. The van der Waals surface area contributed by atoms with Crippen LogP contribution in [0.3, 0.4) is 0 Å². The van der Waals surface area contributed by atoms with E-state index >= 15 is 0 Å². The molecule has 3 rings (SSSR count). The van der Waals surface area contributed by atoms with Crippen LogP contribution in [0, 0.1) is 6.92 Å². The fourth-order valence-electron chi connectivity index (χ4n) is 1.79. The number of hydrogen-bond acceptors (Lipinski definition) is 7. The molecule has 3 N–H and O–H groups in total. The van der Waals surface area contributed by atoms with Crippen LogP contribution in [0.15, 0.2) is 29.0 Å². The molecule has 0 bridgehead atoms. The Hall–Kier alpha value is -2.70. The fourth-order valence-corrected chi connectivity index (χ4v) is 1.79. The maximum atomic E-state index is 5.78. The van der Waals surface area contributed by atoms with Crippen LogP contribution in [0.25, 0.3) is 10.9 Å². The molecule has 0 spiro atoms. The number of aryl methyl sites for hydroxylation is 1. The average Bonchev–Trinajstić information content (AvgIpc) is 2.82. The Morgan fingerprint density at radius 2 is 2.21 bits per heavy atom. The first kappa shape index (κ1) is 11.4. The third-order valence-electron chi connectivity index (χ3n) is 2.64. The molecule has 2 heterocycles.